The van der Waals surface area contributed by atoms with Gasteiger partial charge in [-0.05, 0) is 43.4 Å². The monoisotopic (exact) mass is 328 g/mol. The lowest BCUT2D eigenvalue weighted by Gasteiger charge is -2.13. The first-order valence-corrected chi connectivity index (χ1v) is 6.56. The van der Waals surface area contributed by atoms with Crippen LogP contribution in [-0.2, 0) is 15.9 Å². The summed E-state index contributed by atoms with van der Waals surface area (Å²) in [5, 5.41) is 0. The number of methoxy groups -OCH3 is 2. The van der Waals surface area contributed by atoms with Crippen molar-refractivity contribution in [2.24, 2.45) is 0 Å². The smallest absolute Gasteiger partial charge is 0.399 e. The molecule has 0 aliphatic carbocycles. The first kappa shape index (κ1) is 18.6. The van der Waals surface area contributed by atoms with Crippen molar-refractivity contribution in [2.45, 2.75) is 38.3 Å². The molecule has 3 nitrogen and oxygen atoms in total. The van der Waals surface area contributed by atoms with Crippen LogP contribution < -0.4 is 4.74 Å². The maximum Gasteiger partial charge on any atom is 0.573 e. The van der Waals surface area contributed by atoms with Crippen molar-refractivity contribution in [3.8, 4) is 5.75 Å². The second-order valence-corrected chi connectivity index (χ2v) is 4.58. The van der Waals surface area contributed by atoms with Gasteiger partial charge in [0, 0.05) is 14.2 Å². The van der Waals surface area contributed by atoms with E-state index in [1.54, 1.807) is 0 Å². The molecule has 0 saturated heterocycles. The summed E-state index contributed by atoms with van der Waals surface area (Å²) in [6.07, 6.45) is -3.31. The van der Waals surface area contributed by atoms with Crippen LogP contribution in [0.15, 0.2) is 12.1 Å². The van der Waals surface area contributed by atoms with Crippen LogP contribution in [0.4, 0.5) is 22.0 Å². The van der Waals surface area contributed by atoms with E-state index in [0.29, 0.717) is 25.7 Å². The number of halogens is 5. The van der Waals surface area contributed by atoms with Crippen molar-refractivity contribution in [3.63, 3.8) is 0 Å². The number of benzene rings is 1. The van der Waals surface area contributed by atoms with Gasteiger partial charge in [-0.1, -0.05) is 0 Å². The normalized spacial score (nSPS) is 12.0. The van der Waals surface area contributed by atoms with E-state index < -0.39 is 23.7 Å². The van der Waals surface area contributed by atoms with Crippen molar-refractivity contribution >= 4 is 0 Å². The Balaban J connectivity index is 2.59. The van der Waals surface area contributed by atoms with Gasteiger partial charge < -0.3 is 14.2 Å². The number of hydrogen-bond acceptors (Lipinski definition) is 3. The molecule has 0 aliphatic heterocycles. The van der Waals surface area contributed by atoms with Gasteiger partial charge in [-0.3, -0.25) is 0 Å². The molecule has 0 bridgehead atoms. The standard InChI is InChI=1S/C14H17F5O3/c1-20-12(21-2)6-4-3-5-9-7-10(15)13(11(16)8-9)22-14(17,18)19/h7-8,12H,3-6H2,1-2H3. The summed E-state index contributed by atoms with van der Waals surface area (Å²) < 4.78 is 76.3. The van der Waals surface area contributed by atoms with Gasteiger partial charge in [-0.2, -0.15) is 0 Å². The van der Waals surface area contributed by atoms with Crippen LogP contribution in [0.5, 0.6) is 5.75 Å². The number of hydrogen-bond donors (Lipinski definition) is 0. The summed E-state index contributed by atoms with van der Waals surface area (Å²) in [5.41, 5.74) is 0.260. The van der Waals surface area contributed by atoms with Crippen LogP contribution in [0.25, 0.3) is 0 Å². The maximum absolute atomic E-state index is 13.5. The molecule has 0 amide bonds. The molecule has 1 aromatic carbocycles. The number of aryl methyl sites for hydroxylation is 1. The zero-order chi connectivity index (χ0) is 16.8. The average molecular weight is 328 g/mol. The van der Waals surface area contributed by atoms with E-state index in [1.807, 2.05) is 0 Å². The van der Waals surface area contributed by atoms with Gasteiger partial charge in [0.05, 0.1) is 0 Å². The molecular weight excluding hydrogens is 311 g/mol. The molecule has 0 spiro atoms. The Morgan fingerprint density at radius 1 is 1.00 bits per heavy atom. The van der Waals surface area contributed by atoms with Crippen LogP contribution in [0.2, 0.25) is 0 Å². The summed E-state index contributed by atoms with van der Waals surface area (Å²) in [6.45, 7) is 0. The Morgan fingerprint density at radius 3 is 2.00 bits per heavy atom. The van der Waals surface area contributed by atoms with Gasteiger partial charge in [0.1, 0.15) is 0 Å². The predicted octanol–water partition coefficient (Wildman–Crippen LogP) is 4.20. The Labute approximate surface area is 125 Å². The minimum atomic E-state index is -5.14. The van der Waals surface area contributed by atoms with Crippen molar-refractivity contribution in [1.82, 2.24) is 0 Å². The molecule has 0 aromatic heterocycles. The minimum Gasteiger partial charge on any atom is -0.399 e. The van der Waals surface area contributed by atoms with Crippen LogP contribution in [-0.4, -0.2) is 26.9 Å². The van der Waals surface area contributed by atoms with Gasteiger partial charge in [0.15, 0.2) is 17.9 Å². The van der Waals surface area contributed by atoms with Crippen LogP contribution >= 0.6 is 0 Å². The van der Waals surface area contributed by atoms with Crippen molar-refractivity contribution in [3.05, 3.63) is 29.3 Å². The average Bonchev–Trinajstić information content (AvgIpc) is 2.42. The van der Waals surface area contributed by atoms with Crippen molar-refractivity contribution in [1.29, 1.82) is 0 Å². The zero-order valence-corrected chi connectivity index (χ0v) is 12.2. The fraction of sp³-hybridized carbons (Fsp3) is 0.571. The largest absolute Gasteiger partial charge is 0.573 e. The van der Waals surface area contributed by atoms with E-state index in [4.69, 9.17) is 9.47 Å². The third-order valence-electron chi connectivity index (χ3n) is 2.96. The van der Waals surface area contributed by atoms with E-state index in [-0.39, 0.29) is 11.9 Å². The molecule has 1 rings (SSSR count). The molecule has 22 heavy (non-hydrogen) atoms. The van der Waals surface area contributed by atoms with Crippen molar-refractivity contribution < 1.29 is 36.2 Å². The minimum absolute atomic E-state index is 0.260. The highest BCUT2D eigenvalue weighted by molar-refractivity contribution is 5.31. The van der Waals surface area contributed by atoms with E-state index in [9.17, 15) is 22.0 Å². The Hall–Kier alpha value is -1.41. The second-order valence-electron chi connectivity index (χ2n) is 4.58. The maximum atomic E-state index is 13.5. The van der Waals surface area contributed by atoms with Gasteiger partial charge in [0.2, 0.25) is 5.75 Å². The number of unbranched alkanes of at least 4 members (excludes halogenated alkanes) is 1. The fourth-order valence-corrected chi connectivity index (χ4v) is 1.94. The quantitative estimate of drug-likeness (QED) is 0.407. The lowest BCUT2D eigenvalue weighted by molar-refractivity contribution is -0.276. The zero-order valence-electron chi connectivity index (χ0n) is 12.2. The van der Waals surface area contributed by atoms with Crippen LogP contribution in [0.3, 0.4) is 0 Å². The highest BCUT2D eigenvalue weighted by atomic mass is 19.4. The van der Waals surface area contributed by atoms with Gasteiger partial charge in [-0.25, -0.2) is 8.78 Å². The SMILES string of the molecule is COC(CCCCc1cc(F)c(OC(F)(F)F)c(F)c1)OC. The van der Waals surface area contributed by atoms with E-state index >= 15 is 0 Å². The molecule has 0 unspecified atom stereocenters. The highest BCUT2D eigenvalue weighted by Gasteiger charge is 2.34. The molecule has 8 heteroatoms. The van der Waals surface area contributed by atoms with Gasteiger partial charge in [-0.15, -0.1) is 13.2 Å². The predicted molar refractivity (Wildman–Crippen MR) is 68.4 cm³/mol. The van der Waals surface area contributed by atoms with Crippen molar-refractivity contribution in [2.75, 3.05) is 14.2 Å². The Morgan fingerprint density at radius 2 is 1.55 bits per heavy atom. The lowest BCUT2D eigenvalue weighted by atomic mass is 10.1. The third kappa shape index (κ3) is 6.15. The molecule has 0 fully saturated rings. The number of alkyl halides is 3. The molecule has 0 atom stereocenters. The molecule has 0 N–H and O–H groups in total. The molecule has 0 radical (unpaired) electrons. The number of rotatable bonds is 8. The topological polar surface area (TPSA) is 27.7 Å². The number of ether oxygens (including phenoxy) is 3. The molecule has 0 heterocycles. The molecule has 126 valence electrons. The molecule has 0 aliphatic rings. The van der Waals surface area contributed by atoms with Gasteiger partial charge in [0.25, 0.3) is 0 Å². The Bertz CT molecular complexity index is 449. The third-order valence-corrected chi connectivity index (χ3v) is 2.96. The first-order valence-electron chi connectivity index (χ1n) is 6.56. The summed E-state index contributed by atoms with van der Waals surface area (Å²) >= 11 is 0. The molecule has 0 saturated carbocycles. The molecule has 1 aromatic rings. The fourth-order valence-electron chi connectivity index (χ4n) is 1.94. The summed E-state index contributed by atoms with van der Waals surface area (Å²) in [5.74, 6) is -4.19. The summed E-state index contributed by atoms with van der Waals surface area (Å²) in [6, 6.07) is 1.68. The van der Waals surface area contributed by atoms with E-state index in [0.717, 1.165) is 12.1 Å². The summed E-state index contributed by atoms with van der Waals surface area (Å²) in [7, 11) is 3.00. The molecular formula is C14H17F5O3. The van der Waals surface area contributed by atoms with E-state index in [1.165, 1.54) is 14.2 Å². The van der Waals surface area contributed by atoms with Crippen LogP contribution in [0, 0.1) is 11.6 Å². The van der Waals surface area contributed by atoms with Crippen LogP contribution in [0.1, 0.15) is 24.8 Å². The highest BCUT2D eigenvalue weighted by Crippen LogP contribution is 2.29. The lowest BCUT2D eigenvalue weighted by Crippen LogP contribution is -2.19. The second kappa shape index (κ2) is 8.28. The summed E-state index contributed by atoms with van der Waals surface area (Å²) in [4.78, 5) is 0. The van der Waals surface area contributed by atoms with Gasteiger partial charge >= 0.3 is 6.36 Å². The van der Waals surface area contributed by atoms with E-state index in [2.05, 4.69) is 4.74 Å². The first-order chi connectivity index (χ1) is 10.3. The Kier molecular flexibility index (Phi) is 7.02.